The first-order valence-electron chi connectivity index (χ1n) is 8.18. The molecule has 3 N–H and O–H groups in total. The SMILES string of the molecule is COc1ccc(NC(=O)OC(C)(C)C)cc1Oc1ccnc2[nH]c(=O)[nH]c12. The summed E-state index contributed by atoms with van der Waals surface area (Å²) in [6, 6.07) is 6.52. The lowest BCUT2D eigenvalue weighted by Gasteiger charge is -2.20. The normalized spacial score (nSPS) is 11.3. The number of anilines is 1. The molecule has 0 saturated heterocycles. The van der Waals surface area contributed by atoms with E-state index in [4.69, 9.17) is 14.2 Å². The van der Waals surface area contributed by atoms with E-state index in [1.54, 1.807) is 45.0 Å². The number of H-pyrrole nitrogens is 2. The maximum Gasteiger partial charge on any atom is 0.412 e. The Bertz CT molecular complexity index is 1030. The van der Waals surface area contributed by atoms with E-state index in [1.165, 1.54) is 13.3 Å². The monoisotopic (exact) mass is 372 g/mol. The van der Waals surface area contributed by atoms with Crippen molar-refractivity contribution in [2.75, 3.05) is 12.4 Å². The average Bonchev–Trinajstić information content (AvgIpc) is 2.94. The van der Waals surface area contributed by atoms with E-state index in [-0.39, 0.29) is 5.69 Å². The van der Waals surface area contributed by atoms with Crippen LogP contribution >= 0.6 is 0 Å². The molecule has 0 saturated carbocycles. The Morgan fingerprint density at radius 2 is 1.89 bits per heavy atom. The van der Waals surface area contributed by atoms with E-state index in [0.717, 1.165) is 0 Å². The average molecular weight is 372 g/mol. The van der Waals surface area contributed by atoms with Crippen LogP contribution in [0.25, 0.3) is 11.2 Å². The zero-order chi connectivity index (χ0) is 19.6. The maximum atomic E-state index is 12.0. The number of hydrogen-bond acceptors (Lipinski definition) is 6. The molecule has 9 heteroatoms. The van der Waals surface area contributed by atoms with Crippen molar-refractivity contribution in [1.29, 1.82) is 0 Å². The summed E-state index contributed by atoms with van der Waals surface area (Å²) in [5, 5.41) is 2.64. The topological polar surface area (TPSA) is 118 Å². The van der Waals surface area contributed by atoms with Crippen molar-refractivity contribution in [2.24, 2.45) is 0 Å². The van der Waals surface area contributed by atoms with Crippen molar-refractivity contribution in [3.63, 3.8) is 0 Å². The van der Waals surface area contributed by atoms with Gasteiger partial charge in [0.25, 0.3) is 0 Å². The van der Waals surface area contributed by atoms with Gasteiger partial charge in [-0.3, -0.25) is 10.3 Å². The van der Waals surface area contributed by atoms with Gasteiger partial charge in [0.1, 0.15) is 11.1 Å². The first-order chi connectivity index (χ1) is 12.7. The van der Waals surface area contributed by atoms with Crippen LogP contribution in [0.3, 0.4) is 0 Å². The molecule has 9 nitrogen and oxygen atoms in total. The number of carbonyl (C=O) groups is 1. The van der Waals surface area contributed by atoms with E-state index in [1.807, 2.05) is 0 Å². The standard InChI is InChI=1S/C18H20N4O5/c1-18(2,3)27-17(24)20-10-5-6-11(25-4)13(9-10)26-12-7-8-19-15-14(12)21-16(23)22-15/h5-9H,1-4H3,(H,20,24)(H2,19,21,22,23). The maximum absolute atomic E-state index is 12.0. The summed E-state index contributed by atoms with van der Waals surface area (Å²) in [4.78, 5) is 32.7. The number of benzene rings is 1. The number of fused-ring (bicyclic) bond motifs is 1. The second-order valence-corrected chi connectivity index (χ2v) is 6.71. The molecular formula is C18H20N4O5. The van der Waals surface area contributed by atoms with E-state index >= 15 is 0 Å². The Labute approximate surface area is 154 Å². The van der Waals surface area contributed by atoms with Crippen molar-refractivity contribution in [3.8, 4) is 17.2 Å². The number of carbonyl (C=O) groups excluding carboxylic acids is 1. The van der Waals surface area contributed by atoms with Gasteiger partial charge in [-0.25, -0.2) is 14.6 Å². The Morgan fingerprint density at radius 1 is 1.11 bits per heavy atom. The van der Waals surface area contributed by atoms with Crippen molar-refractivity contribution in [2.45, 2.75) is 26.4 Å². The second-order valence-electron chi connectivity index (χ2n) is 6.71. The van der Waals surface area contributed by atoms with Crippen LogP contribution in [0.1, 0.15) is 20.8 Å². The molecule has 0 aliphatic carbocycles. The number of nitrogens with one attached hydrogen (secondary N) is 3. The minimum absolute atomic E-state index is 0.348. The molecule has 0 fully saturated rings. The molecule has 1 amide bonds. The molecule has 3 aromatic rings. The van der Waals surface area contributed by atoms with Crippen LogP contribution in [0.4, 0.5) is 10.5 Å². The van der Waals surface area contributed by atoms with Gasteiger partial charge in [-0.1, -0.05) is 0 Å². The van der Waals surface area contributed by atoms with Crippen molar-refractivity contribution < 1.29 is 19.0 Å². The summed E-state index contributed by atoms with van der Waals surface area (Å²) in [5.41, 5.74) is 0.266. The van der Waals surface area contributed by atoms with Gasteiger partial charge >= 0.3 is 11.8 Å². The molecular weight excluding hydrogens is 352 g/mol. The third-order valence-electron chi connectivity index (χ3n) is 3.41. The van der Waals surface area contributed by atoms with E-state index in [9.17, 15) is 9.59 Å². The van der Waals surface area contributed by atoms with Crippen LogP contribution in [0, 0.1) is 0 Å². The van der Waals surface area contributed by atoms with Gasteiger partial charge in [-0.15, -0.1) is 0 Å². The van der Waals surface area contributed by atoms with Crippen molar-refractivity contribution in [1.82, 2.24) is 15.0 Å². The predicted octanol–water partition coefficient (Wildman–Crippen LogP) is 3.40. The smallest absolute Gasteiger partial charge is 0.412 e. The van der Waals surface area contributed by atoms with E-state index in [0.29, 0.717) is 34.1 Å². The number of pyridine rings is 1. The summed E-state index contributed by atoms with van der Waals surface area (Å²) < 4.78 is 16.5. The van der Waals surface area contributed by atoms with Gasteiger partial charge in [0.2, 0.25) is 0 Å². The summed E-state index contributed by atoms with van der Waals surface area (Å²) in [5.74, 6) is 1.18. The fraction of sp³-hybridized carbons (Fsp3) is 0.278. The highest BCUT2D eigenvalue weighted by Gasteiger charge is 2.17. The number of nitrogens with zero attached hydrogens (tertiary/aromatic N) is 1. The molecule has 0 radical (unpaired) electrons. The fourth-order valence-electron chi connectivity index (χ4n) is 2.37. The third kappa shape index (κ3) is 4.38. The van der Waals surface area contributed by atoms with Gasteiger partial charge in [-0.2, -0.15) is 0 Å². The van der Waals surface area contributed by atoms with Crippen molar-refractivity contribution in [3.05, 3.63) is 40.9 Å². The van der Waals surface area contributed by atoms with Gasteiger partial charge < -0.3 is 19.2 Å². The van der Waals surface area contributed by atoms with Gasteiger partial charge in [0, 0.05) is 24.0 Å². The van der Waals surface area contributed by atoms with Gasteiger partial charge in [0.15, 0.2) is 22.9 Å². The molecule has 0 bridgehead atoms. The molecule has 0 atom stereocenters. The number of aromatic amines is 2. The number of amides is 1. The highest BCUT2D eigenvalue weighted by atomic mass is 16.6. The van der Waals surface area contributed by atoms with Gasteiger partial charge in [0.05, 0.1) is 7.11 Å². The Balaban J connectivity index is 1.89. The highest BCUT2D eigenvalue weighted by molar-refractivity contribution is 5.85. The molecule has 142 valence electrons. The molecule has 0 aliphatic heterocycles. The number of methoxy groups -OCH3 is 1. The lowest BCUT2D eigenvalue weighted by molar-refractivity contribution is 0.0636. The Hall–Kier alpha value is -3.49. The molecule has 0 unspecified atom stereocenters. The number of rotatable bonds is 4. The molecule has 3 rings (SSSR count). The summed E-state index contributed by atoms with van der Waals surface area (Å²) in [7, 11) is 1.50. The predicted molar refractivity (Wildman–Crippen MR) is 99.6 cm³/mol. The first-order valence-corrected chi connectivity index (χ1v) is 8.18. The number of aromatic nitrogens is 3. The zero-order valence-electron chi connectivity index (χ0n) is 15.4. The molecule has 0 aliphatic rings. The number of hydrogen-bond donors (Lipinski definition) is 3. The van der Waals surface area contributed by atoms with Gasteiger partial charge in [-0.05, 0) is 32.9 Å². The second kappa shape index (κ2) is 7.02. The van der Waals surface area contributed by atoms with Crippen LogP contribution in [-0.4, -0.2) is 33.8 Å². The number of imidazole rings is 1. The van der Waals surface area contributed by atoms with Crippen LogP contribution < -0.4 is 20.5 Å². The summed E-state index contributed by atoms with van der Waals surface area (Å²) >= 11 is 0. The highest BCUT2D eigenvalue weighted by Crippen LogP contribution is 2.35. The fourth-order valence-corrected chi connectivity index (χ4v) is 2.37. The first kappa shape index (κ1) is 18.3. The minimum atomic E-state index is -0.612. The lowest BCUT2D eigenvalue weighted by Crippen LogP contribution is -2.27. The lowest BCUT2D eigenvalue weighted by atomic mass is 10.2. The van der Waals surface area contributed by atoms with E-state index < -0.39 is 11.7 Å². The third-order valence-corrected chi connectivity index (χ3v) is 3.41. The Morgan fingerprint density at radius 3 is 2.59 bits per heavy atom. The molecule has 2 aromatic heterocycles. The van der Waals surface area contributed by atoms with Crippen LogP contribution in [-0.2, 0) is 4.74 Å². The molecule has 1 aromatic carbocycles. The Kier molecular flexibility index (Phi) is 4.76. The largest absolute Gasteiger partial charge is 0.493 e. The van der Waals surface area contributed by atoms with Crippen LogP contribution in [0.2, 0.25) is 0 Å². The van der Waals surface area contributed by atoms with E-state index in [2.05, 4.69) is 20.3 Å². The quantitative estimate of drug-likeness (QED) is 0.646. The minimum Gasteiger partial charge on any atom is -0.493 e. The van der Waals surface area contributed by atoms with Crippen molar-refractivity contribution >= 4 is 22.9 Å². The molecule has 27 heavy (non-hydrogen) atoms. The molecule has 0 spiro atoms. The molecule has 2 heterocycles. The zero-order valence-corrected chi connectivity index (χ0v) is 15.4. The van der Waals surface area contributed by atoms with Crippen LogP contribution in [0.5, 0.6) is 17.2 Å². The summed E-state index contributed by atoms with van der Waals surface area (Å²) in [6.07, 6.45) is 0.927. The van der Waals surface area contributed by atoms with Crippen LogP contribution in [0.15, 0.2) is 35.3 Å². The number of ether oxygens (including phenoxy) is 3. The summed E-state index contributed by atoms with van der Waals surface area (Å²) in [6.45, 7) is 5.34.